The van der Waals surface area contributed by atoms with E-state index in [0.717, 1.165) is 56.3 Å². The van der Waals surface area contributed by atoms with Gasteiger partial charge in [0, 0.05) is 16.7 Å². The molecule has 270 valence electrons. The first-order valence-electron chi connectivity index (χ1n) is 17.1. The highest BCUT2D eigenvalue weighted by Crippen LogP contribution is 2.37. The van der Waals surface area contributed by atoms with Gasteiger partial charge in [0.2, 0.25) is 28.1 Å². The second kappa shape index (κ2) is 14.1. The predicted molar refractivity (Wildman–Crippen MR) is 212 cm³/mol. The monoisotopic (exact) mass is 728 g/mol. The Kier molecular flexibility index (Phi) is 9.22. The van der Waals surface area contributed by atoms with Crippen LogP contribution in [0.1, 0.15) is 43.0 Å². The van der Waals surface area contributed by atoms with Gasteiger partial charge >= 0.3 is 0 Å². The van der Waals surface area contributed by atoms with Crippen LogP contribution < -0.4 is 10.9 Å². The predicted octanol–water partition coefficient (Wildman–Crippen LogP) is 8.26. The van der Waals surface area contributed by atoms with E-state index in [4.69, 9.17) is 0 Å². The van der Waals surface area contributed by atoms with Crippen molar-refractivity contribution >= 4 is 43.9 Å². The minimum Gasteiger partial charge on any atom is -0.504 e. The van der Waals surface area contributed by atoms with Crippen molar-refractivity contribution in [3.05, 3.63) is 181 Å². The van der Waals surface area contributed by atoms with Crippen molar-refractivity contribution < 1.29 is 35.1 Å². The highest BCUT2D eigenvalue weighted by atomic mass is 16.3. The van der Waals surface area contributed by atoms with Crippen LogP contribution >= 0.6 is 0 Å². The number of aromatic hydroxyl groups is 5. The average molecular weight is 729 g/mol. The average Bonchev–Trinajstić information content (AvgIpc) is 3.34. The number of carbonyl (C=O) groups excluding carboxylic acids is 2. The summed E-state index contributed by atoms with van der Waals surface area (Å²) in [5.74, 6) is -5.08. The van der Waals surface area contributed by atoms with E-state index in [1.165, 1.54) is 12.3 Å². The first-order valence-corrected chi connectivity index (χ1v) is 17.1. The molecular formula is C46H32O9. The molecule has 0 fully saturated rings. The van der Waals surface area contributed by atoms with Gasteiger partial charge in [-0.15, -0.1) is 0 Å². The molecule has 0 unspecified atom stereocenters. The first kappa shape index (κ1) is 35.9. The molecule has 0 aliphatic carbocycles. The summed E-state index contributed by atoms with van der Waals surface area (Å²) in [6, 6.07) is 37.6. The normalized spacial score (nSPS) is 11.0. The molecule has 0 saturated carbocycles. The van der Waals surface area contributed by atoms with Gasteiger partial charge < -0.3 is 25.5 Å². The summed E-state index contributed by atoms with van der Waals surface area (Å²) in [5.41, 5.74) is 1.53. The second-order valence-corrected chi connectivity index (χ2v) is 13.2. The van der Waals surface area contributed by atoms with E-state index < -0.39 is 45.4 Å². The summed E-state index contributed by atoms with van der Waals surface area (Å²) in [5, 5.41) is 55.6. The van der Waals surface area contributed by atoms with Crippen LogP contribution in [0.25, 0.3) is 43.4 Å². The number of benzene rings is 6. The lowest BCUT2D eigenvalue weighted by molar-refractivity contribution is 0.102. The summed E-state index contributed by atoms with van der Waals surface area (Å²) in [7, 11) is 0. The minimum atomic E-state index is -1.01. The van der Waals surface area contributed by atoms with Crippen molar-refractivity contribution in [1.29, 1.82) is 0 Å². The van der Waals surface area contributed by atoms with Gasteiger partial charge in [-0.25, -0.2) is 0 Å². The van der Waals surface area contributed by atoms with Gasteiger partial charge in [0.1, 0.15) is 0 Å². The third-order valence-corrected chi connectivity index (χ3v) is 9.64. The molecular weight excluding hydrogens is 696 g/mol. The molecule has 9 nitrogen and oxygen atoms in total. The van der Waals surface area contributed by atoms with Crippen LogP contribution in [0.5, 0.6) is 28.7 Å². The third-order valence-electron chi connectivity index (χ3n) is 9.64. The summed E-state index contributed by atoms with van der Waals surface area (Å²) in [4.78, 5) is 49.6. The minimum absolute atomic E-state index is 0.153. The Morgan fingerprint density at radius 1 is 0.436 bits per heavy atom. The van der Waals surface area contributed by atoms with Crippen LogP contribution in [0, 0.1) is 13.8 Å². The Morgan fingerprint density at radius 2 is 0.964 bits per heavy atom. The fraction of sp³-hybridized carbons (Fsp3) is 0.0435. The largest absolute Gasteiger partial charge is 0.504 e. The first-order chi connectivity index (χ1) is 26.3. The number of hydrogen-bond acceptors (Lipinski definition) is 9. The summed E-state index contributed by atoms with van der Waals surface area (Å²) >= 11 is 0. The zero-order chi connectivity index (χ0) is 39.1. The van der Waals surface area contributed by atoms with E-state index in [-0.39, 0.29) is 28.0 Å². The third kappa shape index (κ3) is 6.55. The van der Waals surface area contributed by atoms with Crippen molar-refractivity contribution in [1.82, 2.24) is 0 Å². The molecule has 0 aliphatic rings. The number of hydrogen-bond donors (Lipinski definition) is 5. The number of carbonyl (C=O) groups is 2. The number of ketones is 2. The number of aryl methyl sites for hydroxylation is 2. The Hall–Kier alpha value is -7.52. The molecule has 0 amide bonds. The van der Waals surface area contributed by atoms with Gasteiger partial charge in [0.05, 0.1) is 5.56 Å². The molecule has 8 aromatic rings. The van der Waals surface area contributed by atoms with Gasteiger partial charge in [0.15, 0.2) is 23.1 Å². The molecule has 5 N–H and O–H groups in total. The maximum Gasteiger partial charge on any atom is 0.224 e. The van der Waals surface area contributed by atoms with E-state index in [1.807, 2.05) is 72.8 Å². The van der Waals surface area contributed by atoms with Crippen LogP contribution in [-0.4, -0.2) is 37.1 Å². The van der Waals surface area contributed by atoms with Gasteiger partial charge in [0.25, 0.3) is 0 Å². The fourth-order valence-corrected chi connectivity index (χ4v) is 6.82. The van der Waals surface area contributed by atoms with Crippen LogP contribution in [-0.2, 0) is 0 Å². The van der Waals surface area contributed by atoms with Crippen molar-refractivity contribution in [3.63, 3.8) is 0 Å². The lowest BCUT2D eigenvalue weighted by Gasteiger charge is -2.12. The van der Waals surface area contributed by atoms with Gasteiger partial charge in [-0.3, -0.25) is 19.2 Å². The Bertz CT molecular complexity index is 2890. The molecule has 8 rings (SSSR count). The SMILES string of the molecule is Cc1cc(=O)c(O)c(O)c(O)c1C(=O)c1ccc(-c2ccccc2)cc1.Cc1cc(=O)c(O)c(O)cc1C(=O)c1cc2ccc3cccc4ccc(c1)c2c34. The van der Waals surface area contributed by atoms with Crippen molar-refractivity contribution in [2.75, 3.05) is 0 Å². The van der Waals surface area contributed by atoms with Crippen molar-refractivity contribution in [2.45, 2.75) is 13.8 Å². The molecule has 9 heteroatoms. The summed E-state index contributed by atoms with van der Waals surface area (Å²) < 4.78 is 0. The summed E-state index contributed by atoms with van der Waals surface area (Å²) in [6.07, 6.45) is 0. The lowest BCUT2D eigenvalue weighted by atomic mass is 9.91. The molecule has 55 heavy (non-hydrogen) atoms. The fourth-order valence-electron chi connectivity index (χ4n) is 6.82. The zero-order valence-corrected chi connectivity index (χ0v) is 29.5. The molecule has 0 radical (unpaired) electrons. The zero-order valence-electron chi connectivity index (χ0n) is 29.5. The molecule has 0 heterocycles. The Balaban J connectivity index is 0.000000170. The highest BCUT2D eigenvalue weighted by Gasteiger charge is 2.22. The highest BCUT2D eigenvalue weighted by molar-refractivity contribution is 6.25. The Labute approximate surface area is 313 Å². The van der Waals surface area contributed by atoms with Crippen molar-refractivity contribution in [3.8, 4) is 39.9 Å². The molecule has 0 aromatic heterocycles. The van der Waals surface area contributed by atoms with Crippen molar-refractivity contribution in [2.24, 2.45) is 0 Å². The summed E-state index contributed by atoms with van der Waals surface area (Å²) in [6.45, 7) is 3.06. The molecule has 0 aliphatic heterocycles. The van der Waals surface area contributed by atoms with Gasteiger partial charge in [-0.05, 0) is 98.8 Å². The molecule has 0 spiro atoms. The topological polar surface area (TPSA) is 169 Å². The molecule has 0 atom stereocenters. The van der Waals surface area contributed by atoms with E-state index in [1.54, 1.807) is 31.2 Å². The smallest absolute Gasteiger partial charge is 0.224 e. The Morgan fingerprint density at radius 3 is 1.58 bits per heavy atom. The second-order valence-electron chi connectivity index (χ2n) is 13.2. The van der Waals surface area contributed by atoms with Gasteiger partial charge in [-0.1, -0.05) is 97.1 Å². The molecule has 8 aromatic carbocycles. The van der Waals surface area contributed by atoms with E-state index in [9.17, 15) is 44.7 Å². The van der Waals surface area contributed by atoms with Crippen LogP contribution in [0.4, 0.5) is 0 Å². The van der Waals surface area contributed by atoms with E-state index >= 15 is 0 Å². The van der Waals surface area contributed by atoms with Crippen LogP contribution in [0.3, 0.4) is 0 Å². The molecule has 0 bridgehead atoms. The number of rotatable bonds is 5. The maximum atomic E-state index is 13.3. The van der Waals surface area contributed by atoms with Crippen LogP contribution in [0.2, 0.25) is 0 Å². The standard InChI is InChI=1S/C25H16O4.C21H16O5/c1-13-9-20(26)25(29)21(27)12-19(13)24(28)18-10-16-7-5-14-3-2-4-15-6-8-17(11-18)23(16)22(14)15;1-12-11-16(22)19(24)21(26)20(25)17(12)18(23)15-9-7-14(8-10-15)13-5-3-2-4-6-13/h2-12H,1H3,(H2,26,27,29);2-11H,1H3,(H3,22,24,25,26). The quantitative estimate of drug-likeness (QED) is 0.0865. The van der Waals surface area contributed by atoms with E-state index in [0.29, 0.717) is 11.1 Å². The molecule has 0 saturated heterocycles. The van der Waals surface area contributed by atoms with Crippen LogP contribution in [0.15, 0.2) is 137 Å². The lowest BCUT2D eigenvalue weighted by Crippen LogP contribution is -2.03. The van der Waals surface area contributed by atoms with Gasteiger partial charge in [-0.2, -0.15) is 0 Å². The van der Waals surface area contributed by atoms with E-state index in [2.05, 4.69) is 12.1 Å². The maximum absolute atomic E-state index is 13.3.